The van der Waals surface area contributed by atoms with Crippen molar-refractivity contribution in [2.45, 2.75) is 61.4 Å². The van der Waals surface area contributed by atoms with Crippen molar-refractivity contribution < 1.29 is 19.1 Å². The smallest absolute Gasteiger partial charge is 0.325 e. The lowest BCUT2D eigenvalue weighted by Crippen LogP contribution is -2.46. The average molecular weight is 596 g/mol. The van der Waals surface area contributed by atoms with Gasteiger partial charge in [0.25, 0.3) is 0 Å². The Hall–Kier alpha value is -1.74. The maximum absolute atomic E-state index is 11.6. The summed E-state index contributed by atoms with van der Waals surface area (Å²) >= 11 is 6.82. The van der Waals surface area contributed by atoms with E-state index in [9.17, 15) is 9.59 Å². The topological polar surface area (TPSA) is 105 Å². The van der Waals surface area contributed by atoms with Crippen molar-refractivity contribution >= 4 is 43.8 Å². The van der Waals surface area contributed by atoms with Gasteiger partial charge in [-0.25, -0.2) is 0 Å². The predicted octanol–water partition coefficient (Wildman–Crippen LogP) is 5.17. The van der Waals surface area contributed by atoms with Gasteiger partial charge in [0.05, 0.1) is 14.2 Å². The van der Waals surface area contributed by atoms with Crippen molar-refractivity contribution in [1.82, 2.24) is 0 Å². The van der Waals surface area contributed by atoms with Crippen LogP contribution in [0.25, 0.3) is 0 Å². The fourth-order valence-corrected chi connectivity index (χ4v) is 5.50. The Bertz CT molecular complexity index is 917. The lowest BCUT2D eigenvalue weighted by atomic mass is 9.93. The molecule has 4 atom stereocenters. The van der Waals surface area contributed by atoms with Gasteiger partial charge in [-0.05, 0) is 85.8 Å². The largest absolute Gasteiger partial charge is 0.468 e. The molecule has 2 saturated carbocycles. The molecule has 0 unspecified atom stereocenters. The van der Waals surface area contributed by atoms with Gasteiger partial charge in [0, 0.05) is 8.95 Å². The van der Waals surface area contributed by atoms with E-state index in [1.54, 1.807) is 0 Å². The molecule has 2 aromatic rings. The Morgan fingerprint density at radius 2 is 1.06 bits per heavy atom. The number of benzene rings is 2. The minimum atomic E-state index is -0.799. The number of hydrogen-bond acceptors (Lipinski definition) is 6. The molecule has 2 aliphatic carbocycles. The van der Waals surface area contributed by atoms with Crippen molar-refractivity contribution in [1.29, 1.82) is 0 Å². The molecule has 0 amide bonds. The van der Waals surface area contributed by atoms with E-state index in [1.165, 1.54) is 25.3 Å². The molecule has 4 N–H and O–H groups in total. The Morgan fingerprint density at radius 3 is 1.35 bits per heavy atom. The van der Waals surface area contributed by atoms with E-state index in [0.717, 1.165) is 21.8 Å². The minimum Gasteiger partial charge on any atom is -0.468 e. The van der Waals surface area contributed by atoms with Crippen molar-refractivity contribution in [3.8, 4) is 0 Å². The van der Waals surface area contributed by atoms with Crippen LogP contribution in [0.2, 0.25) is 0 Å². The summed E-state index contributed by atoms with van der Waals surface area (Å²) in [6.45, 7) is 0. The number of rotatable bonds is 4. The first-order valence-corrected chi connectivity index (χ1v) is 12.9. The predicted molar refractivity (Wildman–Crippen MR) is 139 cm³/mol. The first-order valence-electron chi connectivity index (χ1n) is 11.4. The summed E-state index contributed by atoms with van der Waals surface area (Å²) < 4.78 is 11.7. The van der Waals surface area contributed by atoms with Crippen LogP contribution in [0.1, 0.15) is 61.5 Å². The molecular weight excluding hydrogens is 564 g/mol. The molecule has 0 heterocycles. The molecule has 2 aliphatic rings. The van der Waals surface area contributed by atoms with Crippen LogP contribution in [0.5, 0.6) is 0 Å². The highest BCUT2D eigenvalue weighted by Gasteiger charge is 2.44. The molecule has 2 fully saturated rings. The molecule has 34 heavy (non-hydrogen) atoms. The zero-order chi connectivity index (χ0) is 24.9. The molecule has 0 bridgehead atoms. The highest BCUT2D eigenvalue weighted by molar-refractivity contribution is 9.10. The SMILES string of the molecule is COC(=O)[C@@]1(N)CC[C@H](c2ccc(Br)cc2)C1.COC(=O)[C@]1(N)CC[C@H](c2ccc(Br)cc2)C1. The van der Waals surface area contributed by atoms with E-state index < -0.39 is 11.1 Å². The Morgan fingerprint density at radius 1 is 0.735 bits per heavy atom. The third-order valence-electron chi connectivity index (χ3n) is 6.97. The molecule has 0 aliphatic heterocycles. The summed E-state index contributed by atoms with van der Waals surface area (Å²) in [5, 5.41) is 0. The normalized spacial score (nSPS) is 28.1. The molecule has 4 rings (SSSR count). The van der Waals surface area contributed by atoms with E-state index in [1.807, 2.05) is 24.3 Å². The lowest BCUT2D eigenvalue weighted by molar-refractivity contribution is -0.147. The van der Waals surface area contributed by atoms with E-state index in [2.05, 4.69) is 56.1 Å². The van der Waals surface area contributed by atoms with Gasteiger partial charge < -0.3 is 20.9 Å². The quantitative estimate of drug-likeness (QED) is 0.472. The molecule has 0 aromatic heterocycles. The highest BCUT2D eigenvalue weighted by Crippen LogP contribution is 2.41. The monoisotopic (exact) mass is 594 g/mol. The van der Waals surface area contributed by atoms with Crippen LogP contribution in [-0.2, 0) is 19.1 Å². The molecule has 8 heteroatoms. The van der Waals surface area contributed by atoms with Gasteiger partial charge in [-0.15, -0.1) is 0 Å². The van der Waals surface area contributed by atoms with Crippen LogP contribution in [0.15, 0.2) is 57.5 Å². The number of ether oxygens (including phenoxy) is 2. The van der Waals surface area contributed by atoms with Gasteiger partial charge in [-0.2, -0.15) is 0 Å². The molecule has 6 nitrogen and oxygen atoms in total. The fraction of sp³-hybridized carbons (Fsp3) is 0.462. The second-order valence-corrected chi connectivity index (χ2v) is 11.1. The van der Waals surface area contributed by atoms with Gasteiger partial charge in [0.1, 0.15) is 11.1 Å². The third-order valence-corrected chi connectivity index (χ3v) is 8.02. The number of carbonyl (C=O) groups excluding carboxylic acids is 2. The van der Waals surface area contributed by atoms with Crippen LogP contribution >= 0.6 is 31.9 Å². The summed E-state index contributed by atoms with van der Waals surface area (Å²) in [6, 6.07) is 16.4. The summed E-state index contributed by atoms with van der Waals surface area (Å²) in [5.74, 6) is 0.119. The van der Waals surface area contributed by atoms with Crippen LogP contribution in [0, 0.1) is 0 Å². The van der Waals surface area contributed by atoms with Crippen LogP contribution in [0.3, 0.4) is 0 Å². The van der Waals surface area contributed by atoms with Gasteiger partial charge >= 0.3 is 11.9 Å². The first-order chi connectivity index (χ1) is 16.1. The van der Waals surface area contributed by atoms with E-state index in [-0.39, 0.29) is 11.9 Å². The Labute approximate surface area is 218 Å². The number of halogens is 2. The van der Waals surface area contributed by atoms with E-state index >= 15 is 0 Å². The molecule has 0 radical (unpaired) electrons. The molecule has 0 saturated heterocycles. The lowest BCUT2D eigenvalue weighted by Gasteiger charge is -2.20. The minimum absolute atomic E-state index is 0.294. The third kappa shape index (κ3) is 6.27. The van der Waals surface area contributed by atoms with Gasteiger partial charge in [0.2, 0.25) is 0 Å². The average Bonchev–Trinajstić information content (AvgIpc) is 3.44. The standard InChI is InChI=1S/2C13H16BrNO2/c2*1-17-12(16)13(15)7-6-10(8-13)9-2-4-11(14)5-3-9/h2*2-5,10H,6-8,15H2,1H3/t10-,13+;10-,13-/m00/s1. The van der Waals surface area contributed by atoms with Crippen LogP contribution in [-0.4, -0.2) is 37.2 Å². The Balaban J connectivity index is 0.000000191. The summed E-state index contributed by atoms with van der Waals surface area (Å²) in [5.41, 5.74) is 13.1. The summed E-state index contributed by atoms with van der Waals surface area (Å²) in [4.78, 5) is 23.2. The summed E-state index contributed by atoms with van der Waals surface area (Å²) in [6.07, 6.45) is 4.60. The first kappa shape index (κ1) is 26.9. The van der Waals surface area contributed by atoms with E-state index in [0.29, 0.717) is 37.5 Å². The number of hydrogen-bond donors (Lipinski definition) is 2. The molecular formula is C26H32Br2N2O4. The maximum atomic E-state index is 11.6. The molecule has 0 spiro atoms. The zero-order valence-corrected chi connectivity index (χ0v) is 22.7. The van der Waals surface area contributed by atoms with Crippen LogP contribution in [0.4, 0.5) is 0 Å². The Kier molecular flexibility index (Phi) is 8.95. The molecule has 2 aromatic carbocycles. The number of esters is 2. The van der Waals surface area contributed by atoms with Gasteiger partial charge in [-0.3, -0.25) is 9.59 Å². The zero-order valence-electron chi connectivity index (χ0n) is 19.6. The van der Waals surface area contributed by atoms with Gasteiger partial charge in [0.15, 0.2) is 0 Å². The number of carbonyl (C=O) groups is 2. The summed E-state index contributed by atoms with van der Waals surface area (Å²) in [7, 11) is 2.79. The van der Waals surface area contributed by atoms with Crippen molar-refractivity contribution in [2.24, 2.45) is 11.5 Å². The van der Waals surface area contributed by atoms with Gasteiger partial charge in [-0.1, -0.05) is 56.1 Å². The fourth-order valence-electron chi connectivity index (χ4n) is 4.97. The van der Waals surface area contributed by atoms with Crippen molar-refractivity contribution in [3.63, 3.8) is 0 Å². The number of methoxy groups -OCH3 is 2. The van der Waals surface area contributed by atoms with Crippen LogP contribution < -0.4 is 11.5 Å². The maximum Gasteiger partial charge on any atom is 0.325 e. The van der Waals surface area contributed by atoms with Crippen molar-refractivity contribution in [3.05, 3.63) is 68.6 Å². The second-order valence-electron chi connectivity index (χ2n) is 9.28. The molecule has 184 valence electrons. The van der Waals surface area contributed by atoms with E-state index in [4.69, 9.17) is 20.9 Å². The second kappa shape index (κ2) is 11.3. The number of nitrogens with two attached hydrogens (primary N) is 2. The highest BCUT2D eigenvalue weighted by atomic mass is 79.9. The van der Waals surface area contributed by atoms with Crippen molar-refractivity contribution in [2.75, 3.05) is 14.2 Å².